The molecule has 2 atom stereocenters. The number of para-hydroxylation sites is 1. The fourth-order valence-corrected chi connectivity index (χ4v) is 9.91. The maximum Gasteiger partial charge on any atom is 0.262 e. The SMILES string of the molecule is Cc1cccc(C)c1Nc1nn(C)c2nc(Nc3ccc4c(c3)CN(C(=O)[C@@H]3CCCN3C(=O)CN3CCN(c5ccc6c(c5)C(=O)N(C5CCC(=O)NC5=O)C6=O)CC3)CC4)ncc12. The molecule has 3 fully saturated rings. The number of nitrogens with one attached hydrogen (secondary N) is 3. The van der Waals surface area contributed by atoms with Crippen molar-refractivity contribution in [2.45, 2.75) is 64.6 Å². The van der Waals surface area contributed by atoms with Gasteiger partial charge in [-0.15, -0.1) is 0 Å². The maximum atomic E-state index is 14.1. The molecule has 0 saturated carbocycles. The van der Waals surface area contributed by atoms with Crippen LogP contribution in [0.2, 0.25) is 0 Å². The summed E-state index contributed by atoms with van der Waals surface area (Å²) in [7, 11) is 1.86. The molecular weight excluding hydrogens is 829 g/mol. The predicted molar refractivity (Wildman–Crippen MR) is 241 cm³/mol. The summed E-state index contributed by atoms with van der Waals surface area (Å²) in [4.78, 5) is 97.0. The van der Waals surface area contributed by atoms with Crippen LogP contribution in [0, 0.1) is 13.8 Å². The third-order valence-electron chi connectivity index (χ3n) is 13.5. The minimum absolute atomic E-state index is 0.0270. The van der Waals surface area contributed by atoms with Crippen LogP contribution in [-0.2, 0) is 39.2 Å². The van der Waals surface area contributed by atoms with Crippen molar-refractivity contribution in [2.24, 2.45) is 7.05 Å². The van der Waals surface area contributed by atoms with Gasteiger partial charge >= 0.3 is 0 Å². The summed E-state index contributed by atoms with van der Waals surface area (Å²) < 4.78 is 1.74. The Morgan fingerprint density at radius 1 is 0.831 bits per heavy atom. The monoisotopic (exact) mass is 878 g/mol. The third-order valence-corrected chi connectivity index (χ3v) is 13.5. The van der Waals surface area contributed by atoms with E-state index in [4.69, 9.17) is 10.1 Å². The van der Waals surface area contributed by atoms with E-state index in [1.807, 2.05) is 30.1 Å². The van der Waals surface area contributed by atoms with Crippen LogP contribution in [0.5, 0.6) is 0 Å². The molecule has 3 aromatic carbocycles. The lowest BCUT2D eigenvalue weighted by Gasteiger charge is -2.37. The number of rotatable bonds is 9. The maximum absolute atomic E-state index is 14.1. The Balaban J connectivity index is 0.740. The average Bonchev–Trinajstić information content (AvgIpc) is 3.98. The molecule has 7 heterocycles. The third kappa shape index (κ3) is 7.81. The molecule has 5 aliphatic rings. The van der Waals surface area contributed by atoms with Crippen molar-refractivity contribution in [3.8, 4) is 0 Å². The number of hydrogen-bond acceptors (Lipinski definition) is 13. The standard InChI is InChI=1S/C47H50N12O6/c1-27-6-4-7-28(2)40(27)51-41-35-24-48-47(52-42(35)54(3)53-41)49-31-10-9-29-15-17-57(25-30(29)22-31)46(65)37-8-5-16-58(37)39(61)26-55-18-20-56(21-19-55)32-11-12-33-34(23-32)45(64)59(44(33)63)36-13-14-38(60)50-43(36)62/h4,6-7,9-12,22-24,36-37H,5,8,13-21,25-26H2,1-3H3,(H,51,53)(H,48,49,52)(H,50,60,62)/t36?,37-/m0/s1. The number of fused-ring (bicyclic) bond motifs is 3. The number of aryl methyl sites for hydroxylation is 3. The molecule has 18 heteroatoms. The van der Waals surface area contributed by atoms with Crippen LogP contribution in [0.1, 0.15) is 68.7 Å². The molecule has 10 rings (SSSR count). The molecule has 65 heavy (non-hydrogen) atoms. The first-order valence-electron chi connectivity index (χ1n) is 22.2. The van der Waals surface area contributed by atoms with Crippen LogP contribution < -0.4 is 20.9 Å². The summed E-state index contributed by atoms with van der Waals surface area (Å²) in [6.07, 6.45) is 4.03. The molecule has 1 unspecified atom stereocenters. The molecule has 0 bridgehead atoms. The second-order valence-corrected chi connectivity index (χ2v) is 17.6. The summed E-state index contributed by atoms with van der Waals surface area (Å²) in [5, 5.41) is 14.6. The predicted octanol–water partition coefficient (Wildman–Crippen LogP) is 3.57. The summed E-state index contributed by atoms with van der Waals surface area (Å²) in [6.45, 7) is 8.25. The highest BCUT2D eigenvalue weighted by atomic mass is 16.2. The molecule has 5 aliphatic heterocycles. The van der Waals surface area contributed by atoms with Crippen molar-refractivity contribution in [1.29, 1.82) is 0 Å². The molecule has 2 aromatic heterocycles. The Morgan fingerprint density at radius 3 is 2.40 bits per heavy atom. The van der Waals surface area contributed by atoms with E-state index < -0.39 is 35.7 Å². The smallest absolute Gasteiger partial charge is 0.262 e. The number of aromatic nitrogens is 4. The van der Waals surface area contributed by atoms with Crippen LogP contribution in [0.15, 0.2) is 60.8 Å². The van der Waals surface area contributed by atoms with Crippen molar-refractivity contribution in [1.82, 2.24) is 44.7 Å². The van der Waals surface area contributed by atoms with E-state index in [-0.39, 0.29) is 42.3 Å². The number of likely N-dealkylation sites (tertiary alicyclic amines) is 1. The Hall–Kier alpha value is -7.21. The summed E-state index contributed by atoms with van der Waals surface area (Å²) in [5.41, 5.74) is 8.20. The Bertz CT molecular complexity index is 2790. The van der Waals surface area contributed by atoms with E-state index in [0.717, 1.165) is 50.5 Å². The van der Waals surface area contributed by atoms with Gasteiger partial charge in [0, 0.05) is 82.5 Å². The lowest BCUT2D eigenvalue weighted by atomic mass is 9.98. The van der Waals surface area contributed by atoms with Crippen LogP contribution in [-0.4, -0.2) is 133 Å². The molecule has 0 aliphatic carbocycles. The zero-order chi connectivity index (χ0) is 45.1. The highest BCUT2D eigenvalue weighted by Crippen LogP contribution is 2.33. The van der Waals surface area contributed by atoms with E-state index in [0.29, 0.717) is 76.1 Å². The highest BCUT2D eigenvalue weighted by molar-refractivity contribution is 6.23. The first-order valence-corrected chi connectivity index (χ1v) is 22.2. The van der Waals surface area contributed by atoms with Crippen molar-refractivity contribution in [3.05, 3.63) is 94.2 Å². The van der Waals surface area contributed by atoms with Gasteiger partial charge in [-0.2, -0.15) is 10.1 Å². The highest BCUT2D eigenvalue weighted by Gasteiger charge is 2.45. The number of amides is 6. The normalized spacial score (nSPS) is 20.0. The molecule has 0 spiro atoms. The average molecular weight is 879 g/mol. The Morgan fingerprint density at radius 2 is 1.62 bits per heavy atom. The van der Waals surface area contributed by atoms with Crippen molar-refractivity contribution in [2.75, 3.05) is 61.3 Å². The van der Waals surface area contributed by atoms with Crippen LogP contribution >= 0.6 is 0 Å². The van der Waals surface area contributed by atoms with Gasteiger partial charge in [-0.25, -0.2) is 9.67 Å². The van der Waals surface area contributed by atoms with E-state index in [1.165, 1.54) is 5.56 Å². The zero-order valence-electron chi connectivity index (χ0n) is 36.6. The topological polar surface area (TPSA) is 198 Å². The molecule has 0 radical (unpaired) electrons. The number of hydrogen-bond donors (Lipinski definition) is 3. The molecule has 334 valence electrons. The lowest BCUT2D eigenvalue weighted by Crippen LogP contribution is -2.54. The van der Waals surface area contributed by atoms with Crippen molar-refractivity contribution in [3.63, 3.8) is 0 Å². The number of carbonyl (C=O) groups is 6. The Labute approximate surface area is 374 Å². The van der Waals surface area contributed by atoms with Crippen LogP contribution in [0.4, 0.5) is 28.8 Å². The van der Waals surface area contributed by atoms with Gasteiger partial charge in [-0.1, -0.05) is 24.3 Å². The van der Waals surface area contributed by atoms with Crippen molar-refractivity contribution < 1.29 is 28.8 Å². The first-order chi connectivity index (χ1) is 31.4. The van der Waals surface area contributed by atoms with E-state index >= 15 is 0 Å². The summed E-state index contributed by atoms with van der Waals surface area (Å²) in [5.74, 6) is -1.12. The summed E-state index contributed by atoms with van der Waals surface area (Å²) >= 11 is 0. The number of carbonyl (C=O) groups excluding carboxylic acids is 6. The number of nitrogens with zero attached hydrogens (tertiary/aromatic N) is 9. The minimum atomic E-state index is -1.02. The van der Waals surface area contributed by atoms with Gasteiger partial charge in [0.25, 0.3) is 11.8 Å². The van der Waals surface area contributed by atoms with E-state index in [9.17, 15) is 28.8 Å². The number of piperidine rings is 1. The zero-order valence-corrected chi connectivity index (χ0v) is 36.6. The van der Waals surface area contributed by atoms with Crippen LogP contribution in [0.3, 0.4) is 0 Å². The van der Waals surface area contributed by atoms with Gasteiger partial charge in [0.1, 0.15) is 12.1 Å². The molecule has 5 aromatic rings. The molecular formula is C47H50N12O6. The number of benzene rings is 3. The molecule has 3 N–H and O–H groups in total. The van der Waals surface area contributed by atoms with Gasteiger partial charge in [-0.05, 0) is 92.1 Å². The van der Waals surface area contributed by atoms with Crippen LogP contribution in [0.25, 0.3) is 11.0 Å². The van der Waals surface area contributed by atoms with Gasteiger partial charge in [0.05, 0.1) is 23.1 Å². The second kappa shape index (κ2) is 16.7. The minimum Gasteiger partial charge on any atom is -0.369 e. The fraction of sp³-hybridized carbons (Fsp3) is 0.383. The quantitative estimate of drug-likeness (QED) is 0.182. The fourth-order valence-electron chi connectivity index (χ4n) is 9.91. The summed E-state index contributed by atoms with van der Waals surface area (Å²) in [6, 6.07) is 15.9. The van der Waals surface area contributed by atoms with Gasteiger partial charge in [0.2, 0.25) is 29.6 Å². The number of piperazine rings is 1. The second-order valence-electron chi connectivity index (χ2n) is 17.6. The first kappa shape index (κ1) is 41.8. The Kier molecular flexibility index (Phi) is 10.8. The van der Waals surface area contributed by atoms with Gasteiger partial charge in [-0.3, -0.25) is 43.9 Å². The molecule has 18 nitrogen and oxygen atoms in total. The largest absolute Gasteiger partial charge is 0.369 e. The molecule has 6 amide bonds. The number of imide groups is 2. The van der Waals surface area contributed by atoms with Crippen molar-refractivity contribution >= 4 is 75.3 Å². The van der Waals surface area contributed by atoms with Gasteiger partial charge < -0.3 is 25.3 Å². The van der Waals surface area contributed by atoms with Gasteiger partial charge in [0.15, 0.2) is 11.5 Å². The molecule has 3 saturated heterocycles. The lowest BCUT2D eigenvalue weighted by molar-refractivity contribution is -0.145. The van der Waals surface area contributed by atoms with E-state index in [1.54, 1.807) is 34.0 Å². The van der Waals surface area contributed by atoms with E-state index in [2.05, 4.69) is 62.8 Å². The number of anilines is 5.